The fourth-order valence-corrected chi connectivity index (χ4v) is 9.32. The lowest BCUT2D eigenvalue weighted by Gasteiger charge is -2.24. The molecule has 0 spiro atoms. The number of benzene rings is 1. The molecular formula is C16H25N4O4PS. The largest absolute Gasteiger partial charge is 0.497 e. The van der Waals surface area contributed by atoms with E-state index >= 15 is 0 Å². The van der Waals surface area contributed by atoms with Crippen LogP contribution in [0.5, 0.6) is 5.75 Å². The van der Waals surface area contributed by atoms with Gasteiger partial charge in [0.1, 0.15) is 17.9 Å². The monoisotopic (exact) mass is 400 g/mol. The van der Waals surface area contributed by atoms with Crippen LogP contribution in [0, 0.1) is 0 Å². The summed E-state index contributed by atoms with van der Waals surface area (Å²) in [6, 6.07) is 7.20. The molecule has 0 aliphatic heterocycles. The predicted octanol–water partition coefficient (Wildman–Crippen LogP) is 2.64. The normalized spacial score (nSPS) is 13.5. The molecule has 1 heterocycles. The zero-order valence-corrected chi connectivity index (χ0v) is 17.2. The Morgan fingerprint density at radius 3 is 2.27 bits per heavy atom. The molecule has 0 aliphatic rings. The van der Waals surface area contributed by atoms with Crippen molar-refractivity contribution in [2.45, 2.75) is 43.9 Å². The van der Waals surface area contributed by atoms with Gasteiger partial charge < -0.3 is 9.30 Å². The van der Waals surface area contributed by atoms with Crippen LogP contribution >= 0.6 is 7.14 Å². The van der Waals surface area contributed by atoms with Gasteiger partial charge in [-0.3, -0.25) is 0 Å². The van der Waals surface area contributed by atoms with Crippen molar-refractivity contribution >= 4 is 17.0 Å². The molecule has 1 aromatic heterocycles. The highest BCUT2D eigenvalue weighted by molar-refractivity contribution is 7.99. The summed E-state index contributed by atoms with van der Waals surface area (Å²) in [6.45, 7) is 5.47. The molecule has 8 nitrogen and oxygen atoms in total. The minimum absolute atomic E-state index is 0.199. The molecule has 0 saturated heterocycles. The number of sulfone groups is 1. The first kappa shape index (κ1) is 20.6. The van der Waals surface area contributed by atoms with Gasteiger partial charge in [-0.05, 0) is 46.9 Å². The van der Waals surface area contributed by atoms with Gasteiger partial charge in [-0.15, -0.1) is 0 Å². The maximum atomic E-state index is 13.1. The zero-order chi connectivity index (χ0) is 19.4. The van der Waals surface area contributed by atoms with Gasteiger partial charge >= 0.3 is 0 Å². The molecule has 144 valence electrons. The molecule has 10 heteroatoms. The Morgan fingerprint density at radius 2 is 1.77 bits per heavy atom. The molecule has 0 fully saturated rings. The van der Waals surface area contributed by atoms with Crippen LogP contribution < -0.4 is 4.74 Å². The van der Waals surface area contributed by atoms with E-state index in [0.717, 1.165) is 5.56 Å². The van der Waals surface area contributed by atoms with Crippen molar-refractivity contribution in [1.29, 1.82) is 0 Å². The van der Waals surface area contributed by atoms with Crippen LogP contribution in [0.2, 0.25) is 0 Å². The lowest BCUT2D eigenvalue weighted by molar-refractivity contribution is 0.414. The third-order valence-corrected chi connectivity index (χ3v) is 11.9. The first-order valence-corrected chi connectivity index (χ1v) is 12.2. The topological polar surface area (TPSA) is 104 Å². The second-order valence-electron chi connectivity index (χ2n) is 5.96. The van der Waals surface area contributed by atoms with Crippen molar-refractivity contribution in [1.82, 2.24) is 20.2 Å². The second-order valence-corrected chi connectivity index (χ2v) is 12.1. The van der Waals surface area contributed by atoms with Crippen molar-refractivity contribution in [3.63, 3.8) is 0 Å². The summed E-state index contributed by atoms with van der Waals surface area (Å²) in [4.78, 5) is -0.967. The molecule has 2 aromatic rings. The highest BCUT2D eigenvalue weighted by Gasteiger charge is 2.42. The number of rotatable bonds is 9. The summed E-state index contributed by atoms with van der Waals surface area (Å²) < 4.78 is 45.7. The Bertz CT molecular complexity index is 872. The average molecular weight is 400 g/mol. The van der Waals surface area contributed by atoms with Crippen LogP contribution in [0.3, 0.4) is 0 Å². The van der Waals surface area contributed by atoms with Crippen molar-refractivity contribution in [3.8, 4) is 5.75 Å². The number of tetrazole rings is 1. The van der Waals surface area contributed by atoms with Gasteiger partial charge in [0, 0.05) is 0 Å². The highest BCUT2D eigenvalue weighted by Crippen LogP contribution is 2.54. The minimum Gasteiger partial charge on any atom is -0.497 e. The standard InChI is InChI=1S/C16H25N4O4PS/c1-5-15(25(21,6-2)7-3)26(22,23)16-17-18-19-20(16)12-13-8-10-14(24-4)11-9-13/h8-11,15H,5-7,12H2,1-4H3. The van der Waals surface area contributed by atoms with E-state index < -0.39 is 22.0 Å². The van der Waals surface area contributed by atoms with Crippen LogP contribution in [-0.4, -0.2) is 53.0 Å². The number of methoxy groups -OCH3 is 1. The van der Waals surface area contributed by atoms with E-state index in [9.17, 15) is 13.0 Å². The summed E-state index contributed by atoms with van der Waals surface area (Å²) in [7, 11) is -5.22. The number of nitrogens with zero attached hydrogens (tertiary/aromatic N) is 4. The van der Waals surface area contributed by atoms with E-state index in [2.05, 4.69) is 15.5 Å². The third-order valence-electron chi connectivity index (χ3n) is 4.55. The van der Waals surface area contributed by atoms with E-state index in [-0.39, 0.29) is 18.1 Å². The summed E-state index contributed by atoms with van der Waals surface area (Å²) in [5, 5.41) is 10.9. The Balaban J connectivity index is 2.39. The molecule has 0 radical (unpaired) electrons. The average Bonchev–Trinajstić information content (AvgIpc) is 3.11. The Kier molecular flexibility index (Phi) is 6.58. The molecule has 0 saturated carbocycles. The molecular weight excluding hydrogens is 375 g/mol. The van der Waals surface area contributed by atoms with Crippen molar-refractivity contribution < 1.29 is 17.7 Å². The quantitative estimate of drug-likeness (QED) is 0.596. The zero-order valence-electron chi connectivity index (χ0n) is 15.5. The molecule has 1 atom stereocenters. The number of hydrogen-bond donors (Lipinski definition) is 0. The summed E-state index contributed by atoms with van der Waals surface area (Å²) in [5.41, 5.74) is 0.830. The lowest BCUT2D eigenvalue weighted by Crippen LogP contribution is -2.26. The number of hydrogen-bond acceptors (Lipinski definition) is 7. The molecule has 1 aromatic carbocycles. The second kappa shape index (κ2) is 8.31. The molecule has 0 bridgehead atoms. The molecule has 26 heavy (non-hydrogen) atoms. The van der Waals surface area contributed by atoms with Gasteiger partial charge in [-0.1, -0.05) is 38.0 Å². The van der Waals surface area contributed by atoms with E-state index in [1.807, 2.05) is 12.1 Å². The SMILES string of the molecule is CCC(P(=O)(CC)CC)S(=O)(=O)c1nnnn1Cc1ccc(OC)cc1. The molecule has 1 unspecified atom stereocenters. The van der Waals surface area contributed by atoms with Gasteiger partial charge in [0.15, 0.2) is 0 Å². The van der Waals surface area contributed by atoms with Crippen molar-refractivity contribution in [2.75, 3.05) is 19.4 Å². The van der Waals surface area contributed by atoms with Crippen molar-refractivity contribution in [3.05, 3.63) is 29.8 Å². The summed E-state index contributed by atoms with van der Waals surface area (Å²) in [5.74, 6) is 0.705. The smallest absolute Gasteiger partial charge is 0.268 e. The fourth-order valence-electron chi connectivity index (χ4n) is 2.96. The number of aromatic nitrogens is 4. The Morgan fingerprint density at radius 1 is 1.15 bits per heavy atom. The number of ether oxygens (including phenoxy) is 1. The summed E-state index contributed by atoms with van der Waals surface area (Å²) in [6.07, 6.45) is 0.930. The van der Waals surface area contributed by atoms with Crippen LogP contribution in [-0.2, 0) is 20.9 Å². The van der Waals surface area contributed by atoms with Crippen LogP contribution in [0.25, 0.3) is 0 Å². The Hall–Kier alpha value is -1.73. The minimum atomic E-state index is -3.91. The first-order valence-electron chi connectivity index (χ1n) is 8.53. The molecule has 2 rings (SSSR count). The van der Waals surface area contributed by atoms with Gasteiger partial charge in [-0.25, -0.2) is 13.1 Å². The van der Waals surface area contributed by atoms with E-state index in [1.165, 1.54) is 4.68 Å². The van der Waals surface area contributed by atoms with Gasteiger partial charge in [0.2, 0.25) is 9.84 Å². The van der Waals surface area contributed by atoms with Gasteiger partial charge in [-0.2, -0.15) is 0 Å². The maximum absolute atomic E-state index is 13.1. The molecule has 0 aliphatic carbocycles. The molecule has 0 N–H and O–H groups in total. The molecule has 0 amide bonds. The Labute approximate surface area is 154 Å². The van der Waals surface area contributed by atoms with E-state index in [1.54, 1.807) is 40.0 Å². The van der Waals surface area contributed by atoms with Crippen LogP contribution in [0.4, 0.5) is 0 Å². The fraction of sp³-hybridized carbons (Fsp3) is 0.562. The van der Waals surface area contributed by atoms with E-state index in [0.29, 0.717) is 18.1 Å². The summed E-state index contributed by atoms with van der Waals surface area (Å²) >= 11 is 0. The maximum Gasteiger partial charge on any atom is 0.268 e. The highest BCUT2D eigenvalue weighted by atomic mass is 32.2. The van der Waals surface area contributed by atoms with Crippen LogP contribution in [0.1, 0.15) is 32.8 Å². The van der Waals surface area contributed by atoms with Crippen molar-refractivity contribution in [2.24, 2.45) is 0 Å². The van der Waals surface area contributed by atoms with Crippen LogP contribution in [0.15, 0.2) is 29.4 Å². The van der Waals surface area contributed by atoms with E-state index in [4.69, 9.17) is 4.74 Å². The third kappa shape index (κ3) is 3.99. The first-order chi connectivity index (χ1) is 12.3. The lowest BCUT2D eigenvalue weighted by atomic mass is 10.2. The predicted molar refractivity (Wildman–Crippen MR) is 99.9 cm³/mol. The van der Waals surface area contributed by atoms with Gasteiger partial charge in [0.05, 0.1) is 13.7 Å². The van der Waals surface area contributed by atoms with Gasteiger partial charge in [0.25, 0.3) is 5.16 Å².